The molecule has 1 fully saturated rings. The minimum absolute atomic E-state index is 0.0249. The smallest absolute Gasteiger partial charge is 0.0666 e. The zero-order chi connectivity index (χ0) is 14.9. The number of hydrogen-bond acceptors (Lipinski definition) is 1. The highest BCUT2D eigenvalue weighted by Gasteiger charge is 2.34. The van der Waals surface area contributed by atoms with Crippen molar-refractivity contribution in [3.05, 3.63) is 54.6 Å². The Bertz CT molecular complexity index is 648. The van der Waals surface area contributed by atoms with Gasteiger partial charge in [-0.1, -0.05) is 56.8 Å². The quantitative estimate of drug-likeness (QED) is 0.726. The van der Waals surface area contributed by atoms with Gasteiger partial charge in [0.15, 0.2) is 0 Å². The molecule has 1 heterocycles. The summed E-state index contributed by atoms with van der Waals surface area (Å²) in [6.45, 7) is 9.82. The fourth-order valence-corrected chi connectivity index (χ4v) is 3.25. The molecule has 1 heteroatoms. The van der Waals surface area contributed by atoms with Gasteiger partial charge in [-0.2, -0.15) is 0 Å². The highest BCUT2D eigenvalue weighted by molar-refractivity contribution is 5.86. The SMILES string of the molecule is C=C(c1ccc2ccccc2c1)C(C)(C)C1CCCCO1. The number of rotatable bonds is 3. The first-order valence-electron chi connectivity index (χ1n) is 7.89. The Labute approximate surface area is 127 Å². The fraction of sp³-hybridized carbons (Fsp3) is 0.400. The van der Waals surface area contributed by atoms with Gasteiger partial charge in [0.2, 0.25) is 0 Å². The molecule has 0 radical (unpaired) electrons. The zero-order valence-electron chi connectivity index (χ0n) is 13.1. The maximum Gasteiger partial charge on any atom is 0.0666 e. The lowest BCUT2D eigenvalue weighted by atomic mass is 9.74. The molecule has 1 aliphatic heterocycles. The molecule has 0 aliphatic carbocycles. The first kappa shape index (κ1) is 14.3. The Morgan fingerprint density at radius 2 is 1.86 bits per heavy atom. The van der Waals surface area contributed by atoms with Crippen LogP contribution in [0.5, 0.6) is 0 Å². The Balaban J connectivity index is 1.91. The van der Waals surface area contributed by atoms with Gasteiger partial charge in [-0.25, -0.2) is 0 Å². The molecule has 2 aromatic carbocycles. The minimum Gasteiger partial charge on any atom is -0.377 e. The van der Waals surface area contributed by atoms with Gasteiger partial charge in [-0.3, -0.25) is 0 Å². The third kappa shape index (κ3) is 2.75. The number of benzene rings is 2. The molecule has 1 atom stereocenters. The van der Waals surface area contributed by atoms with E-state index < -0.39 is 0 Å². The van der Waals surface area contributed by atoms with E-state index in [1.54, 1.807) is 0 Å². The predicted molar refractivity (Wildman–Crippen MR) is 90.4 cm³/mol. The monoisotopic (exact) mass is 280 g/mol. The van der Waals surface area contributed by atoms with Crippen molar-refractivity contribution >= 4 is 16.3 Å². The summed E-state index contributed by atoms with van der Waals surface area (Å²) in [4.78, 5) is 0. The predicted octanol–water partition coefficient (Wildman–Crippen LogP) is 5.45. The molecule has 110 valence electrons. The molecule has 1 unspecified atom stereocenters. The van der Waals surface area contributed by atoms with Crippen LogP contribution >= 0.6 is 0 Å². The summed E-state index contributed by atoms with van der Waals surface area (Å²) in [6, 6.07) is 15.1. The maximum atomic E-state index is 6.01. The van der Waals surface area contributed by atoms with Crippen LogP contribution in [0.3, 0.4) is 0 Å². The van der Waals surface area contributed by atoms with Crippen molar-refractivity contribution in [1.29, 1.82) is 0 Å². The van der Waals surface area contributed by atoms with Gasteiger partial charge in [-0.05, 0) is 47.2 Å². The van der Waals surface area contributed by atoms with Crippen LogP contribution in [0.15, 0.2) is 49.0 Å². The summed E-state index contributed by atoms with van der Waals surface area (Å²) in [5, 5.41) is 2.55. The van der Waals surface area contributed by atoms with Crippen molar-refractivity contribution in [3.63, 3.8) is 0 Å². The van der Waals surface area contributed by atoms with Gasteiger partial charge < -0.3 is 4.74 Å². The van der Waals surface area contributed by atoms with E-state index in [1.165, 1.54) is 34.8 Å². The molecule has 1 saturated heterocycles. The van der Waals surface area contributed by atoms with Crippen LogP contribution in [0, 0.1) is 5.41 Å². The summed E-state index contributed by atoms with van der Waals surface area (Å²) in [5.74, 6) is 0. The lowest BCUT2D eigenvalue weighted by Crippen LogP contribution is -2.35. The van der Waals surface area contributed by atoms with E-state index in [9.17, 15) is 0 Å². The second-order valence-corrected chi connectivity index (χ2v) is 6.62. The van der Waals surface area contributed by atoms with Crippen LogP contribution in [0.1, 0.15) is 38.7 Å². The second-order valence-electron chi connectivity index (χ2n) is 6.62. The van der Waals surface area contributed by atoms with Gasteiger partial charge in [0.25, 0.3) is 0 Å². The van der Waals surface area contributed by atoms with Crippen molar-refractivity contribution in [2.75, 3.05) is 6.61 Å². The summed E-state index contributed by atoms with van der Waals surface area (Å²) >= 11 is 0. The van der Waals surface area contributed by atoms with Crippen molar-refractivity contribution in [1.82, 2.24) is 0 Å². The normalized spacial score (nSPS) is 19.6. The van der Waals surface area contributed by atoms with E-state index in [-0.39, 0.29) is 11.5 Å². The highest BCUT2D eigenvalue weighted by atomic mass is 16.5. The van der Waals surface area contributed by atoms with E-state index >= 15 is 0 Å². The second kappa shape index (κ2) is 5.65. The zero-order valence-corrected chi connectivity index (χ0v) is 13.1. The Hall–Kier alpha value is -1.60. The molecule has 1 nitrogen and oxygen atoms in total. The Morgan fingerprint density at radius 3 is 2.57 bits per heavy atom. The van der Waals surface area contributed by atoms with Gasteiger partial charge in [0.05, 0.1) is 6.10 Å². The molecule has 0 aromatic heterocycles. The molecular weight excluding hydrogens is 256 g/mol. The molecular formula is C20H24O. The molecule has 0 N–H and O–H groups in total. The topological polar surface area (TPSA) is 9.23 Å². The first-order valence-corrected chi connectivity index (χ1v) is 7.89. The summed E-state index contributed by atoms with van der Waals surface area (Å²) in [7, 11) is 0. The van der Waals surface area contributed by atoms with Crippen LogP contribution in [-0.2, 0) is 4.74 Å². The molecule has 0 spiro atoms. The number of ether oxygens (including phenoxy) is 1. The molecule has 0 amide bonds. The van der Waals surface area contributed by atoms with Gasteiger partial charge in [-0.15, -0.1) is 0 Å². The van der Waals surface area contributed by atoms with E-state index in [2.05, 4.69) is 62.9 Å². The van der Waals surface area contributed by atoms with Crippen LogP contribution in [-0.4, -0.2) is 12.7 Å². The first-order chi connectivity index (χ1) is 10.1. The molecule has 0 saturated carbocycles. The number of hydrogen-bond donors (Lipinski definition) is 0. The summed E-state index contributed by atoms with van der Waals surface area (Å²) in [5.41, 5.74) is 2.39. The Morgan fingerprint density at radius 1 is 1.10 bits per heavy atom. The largest absolute Gasteiger partial charge is 0.377 e. The molecule has 0 bridgehead atoms. The van der Waals surface area contributed by atoms with Crippen molar-refractivity contribution in [3.8, 4) is 0 Å². The van der Waals surface area contributed by atoms with Gasteiger partial charge >= 0.3 is 0 Å². The van der Waals surface area contributed by atoms with Crippen molar-refractivity contribution < 1.29 is 4.74 Å². The number of fused-ring (bicyclic) bond motifs is 1. The minimum atomic E-state index is -0.0249. The average Bonchev–Trinajstić information content (AvgIpc) is 2.54. The molecule has 21 heavy (non-hydrogen) atoms. The van der Waals surface area contributed by atoms with Gasteiger partial charge in [0.1, 0.15) is 0 Å². The molecule has 2 aromatic rings. The van der Waals surface area contributed by atoms with Crippen molar-refractivity contribution in [2.24, 2.45) is 5.41 Å². The third-order valence-corrected chi connectivity index (χ3v) is 4.86. The molecule has 1 aliphatic rings. The van der Waals surface area contributed by atoms with Gasteiger partial charge in [0, 0.05) is 12.0 Å². The lowest BCUT2D eigenvalue weighted by molar-refractivity contribution is -0.0330. The van der Waals surface area contributed by atoms with Crippen LogP contribution in [0.25, 0.3) is 16.3 Å². The van der Waals surface area contributed by atoms with E-state index in [1.807, 2.05) is 0 Å². The van der Waals surface area contributed by atoms with Crippen LogP contribution in [0.2, 0.25) is 0 Å². The molecule has 3 rings (SSSR count). The average molecular weight is 280 g/mol. The summed E-state index contributed by atoms with van der Waals surface area (Å²) < 4.78 is 6.01. The van der Waals surface area contributed by atoms with Crippen molar-refractivity contribution in [2.45, 2.75) is 39.2 Å². The van der Waals surface area contributed by atoms with Crippen LogP contribution in [0.4, 0.5) is 0 Å². The standard InChI is InChI=1S/C20H24O/c1-15(20(2,3)19-10-6-7-13-21-19)17-12-11-16-8-4-5-9-18(16)14-17/h4-5,8-9,11-12,14,19H,1,6-7,10,13H2,2-3H3. The lowest BCUT2D eigenvalue weighted by Gasteiger charge is -2.38. The Kier molecular flexibility index (Phi) is 3.86. The highest BCUT2D eigenvalue weighted by Crippen LogP contribution is 2.41. The van der Waals surface area contributed by atoms with E-state index in [0.29, 0.717) is 0 Å². The third-order valence-electron chi connectivity index (χ3n) is 4.86. The fourth-order valence-electron chi connectivity index (χ4n) is 3.25. The van der Waals surface area contributed by atoms with Crippen LogP contribution < -0.4 is 0 Å². The van der Waals surface area contributed by atoms with E-state index in [4.69, 9.17) is 4.74 Å². The summed E-state index contributed by atoms with van der Waals surface area (Å²) in [6.07, 6.45) is 3.87. The van der Waals surface area contributed by atoms with E-state index in [0.717, 1.165) is 13.0 Å². The maximum absolute atomic E-state index is 6.01.